The van der Waals surface area contributed by atoms with Crippen LogP contribution in [0.4, 0.5) is 10.2 Å². The van der Waals surface area contributed by atoms with Crippen molar-refractivity contribution in [1.82, 2.24) is 25.5 Å². The van der Waals surface area contributed by atoms with Crippen molar-refractivity contribution in [2.75, 3.05) is 18.0 Å². The van der Waals surface area contributed by atoms with Crippen molar-refractivity contribution < 1.29 is 9.18 Å². The van der Waals surface area contributed by atoms with Crippen LogP contribution in [0.2, 0.25) is 0 Å². The lowest BCUT2D eigenvalue weighted by molar-refractivity contribution is 0.0927. The lowest BCUT2D eigenvalue weighted by atomic mass is 10.1. The molecule has 1 aliphatic heterocycles. The number of hydrogen-bond acceptors (Lipinski definition) is 5. The highest BCUT2D eigenvalue weighted by Crippen LogP contribution is 2.24. The van der Waals surface area contributed by atoms with Crippen molar-refractivity contribution in [2.24, 2.45) is 0 Å². The van der Waals surface area contributed by atoms with E-state index in [1.807, 2.05) is 6.07 Å². The largest absolute Gasteiger partial charge is 0.353 e. The summed E-state index contributed by atoms with van der Waals surface area (Å²) in [5.74, 6) is 0.327. The number of nitrogens with one attached hydrogen (secondary N) is 2. The molecule has 4 rings (SSSR count). The van der Waals surface area contributed by atoms with Gasteiger partial charge in [0.2, 0.25) is 0 Å². The lowest BCUT2D eigenvalue weighted by Crippen LogP contribution is -2.48. The first-order chi connectivity index (χ1) is 13.2. The van der Waals surface area contributed by atoms with Crippen molar-refractivity contribution in [3.8, 4) is 11.3 Å². The smallest absolute Gasteiger partial charge is 0.271 e. The van der Waals surface area contributed by atoms with E-state index in [1.54, 1.807) is 12.1 Å². The summed E-state index contributed by atoms with van der Waals surface area (Å²) in [6.45, 7) is 1.53. The number of aromatic amines is 1. The first kappa shape index (κ1) is 17.1. The highest BCUT2D eigenvalue weighted by atomic mass is 19.1. The molecule has 0 radical (unpaired) electrons. The van der Waals surface area contributed by atoms with Gasteiger partial charge >= 0.3 is 0 Å². The Kier molecular flexibility index (Phi) is 4.78. The summed E-state index contributed by atoms with van der Waals surface area (Å²) in [6.07, 6.45) is 6.35. The Hall–Kier alpha value is -3.29. The number of halogens is 1. The fraction of sp³-hybridized carbons (Fsp3) is 0.263. The molecule has 1 aliphatic rings. The van der Waals surface area contributed by atoms with Gasteiger partial charge in [-0.05, 0) is 42.7 Å². The SMILES string of the molecule is O=C(NC1CCCN(c2cc(-c3ccc(F)cc3)[nH]n2)C1)c1cnccn1. The van der Waals surface area contributed by atoms with Gasteiger partial charge in [-0.15, -0.1) is 0 Å². The number of hydrogen-bond donors (Lipinski definition) is 2. The number of aromatic nitrogens is 4. The predicted molar refractivity (Wildman–Crippen MR) is 98.7 cm³/mol. The molecule has 0 saturated carbocycles. The average Bonchev–Trinajstić information content (AvgIpc) is 3.20. The molecule has 27 heavy (non-hydrogen) atoms. The number of piperidine rings is 1. The Balaban J connectivity index is 1.42. The average molecular weight is 366 g/mol. The Labute approximate surface area is 155 Å². The van der Waals surface area contributed by atoms with Crippen LogP contribution in [0.15, 0.2) is 48.9 Å². The van der Waals surface area contributed by atoms with Gasteiger partial charge in [0.1, 0.15) is 11.5 Å². The first-order valence-electron chi connectivity index (χ1n) is 8.82. The number of rotatable bonds is 4. The van der Waals surface area contributed by atoms with Gasteiger partial charge in [0.25, 0.3) is 5.91 Å². The molecular weight excluding hydrogens is 347 g/mol. The van der Waals surface area contributed by atoms with Gasteiger partial charge in [-0.2, -0.15) is 5.10 Å². The number of nitrogens with zero attached hydrogens (tertiary/aromatic N) is 4. The molecule has 1 atom stereocenters. The van der Waals surface area contributed by atoms with Crippen LogP contribution in [0.25, 0.3) is 11.3 Å². The summed E-state index contributed by atoms with van der Waals surface area (Å²) in [5, 5.41) is 10.4. The molecule has 8 heteroatoms. The van der Waals surface area contributed by atoms with E-state index in [2.05, 4.69) is 30.4 Å². The standard InChI is InChI=1S/C19H19FN6O/c20-14-5-3-13(4-6-14)16-10-18(25-24-16)26-9-1-2-15(12-26)23-19(27)17-11-21-7-8-22-17/h3-8,10-11,15H,1-2,9,12H2,(H,23,27)(H,24,25). The Morgan fingerprint density at radius 3 is 2.89 bits per heavy atom. The van der Waals surface area contributed by atoms with Gasteiger partial charge < -0.3 is 10.2 Å². The highest BCUT2D eigenvalue weighted by molar-refractivity contribution is 5.92. The van der Waals surface area contributed by atoms with Crippen molar-refractivity contribution in [2.45, 2.75) is 18.9 Å². The topological polar surface area (TPSA) is 86.8 Å². The molecule has 1 amide bonds. The summed E-state index contributed by atoms with van der Waals surface area (Å²) in [5.41, 5.74) is 2.02. The second-order valence-electron chi connectivity index (χ2n) is 6.50. The molecule has 3 heterocycles. The maximum Gasteiger partial charge on any atom is 0.271 e. The molecule has 0 spiro atoms. The van der Waals surface area contributed by atoms with Gasteiger partial charge in [-0.3, -0.25) is 14.9 Å². The fourth-order valence-electron chi connectivity index (χ4n) is 3.23. The van der Waals surface area contributed by atoms with Crippen LogP contribution in [0.5, 0.6) is 0 Å². The molecule has 1 aromatic carbocycles. The van der Waals surface area contributed by atoms with E-state index in [1.165, 1.54) is 30.7 Å². The van der Waals surface area contributed by atoms with Gasteiger partial charge in [0.05, 0.1) is 11.9 Å². The molecule has 1 fully saturated rings. The summed E-state index contributed by atoms with van der Waals surface area (Å²) >= 11 is 0. The number of amides is 1. The van der Waals surface area contributed by atoms with Crippen LogP contribution in [0, 0.1) is 5.82 Å². The molecule has 0 bridgehead atoms. The predicted octanol–water partition coefficient (Wildman–Crippen LogP) is 2.40. The molecular formula is C19H19FN6O. The van der Waals surface area contributed by atoms with E-state index < -0.39 is 0 Å². The summed E-state index contributed by atoms with van der Waals surface area (Å²) in [6, 6.07) is 8.24. The fourth-order valence-corrected chi connectivity index (χ4v) is 3.23. The van der Waals surface area contributed by atoms with Crippen LogP contribution >= 0.6 is 0 Å². The van der Waals surface area contributed by atoms with Crippen LogP contribution in [0.1, 0.15) is 23.3 Å². The monoisotopic (exact) mass is 366 g/mol. The van der Waals surface area contributed by atoms with E-state index in [4.69, 9.17) is 0 Å². The first-order valence-corrected chi connectivity index (χ1v) is 8.82. The van der Waals surface area contributed by atoms with Crippen molar-refractivity contribution in [1.29, 1.82) is 0 Å². The Morgan fingerprint density at radius 2 is 2.11 bits per heavy atom. The van der Waals surface area contributed by atoms with Gasteiger partial charge in [-0.1, -0.05) is 0 Å². The third-order valence-corrected chi connectivity index (χ3v) is 4.60. The lowest BCUT2D eigenvalue weighted by Gasteiger charge is -2.33. The van der Waals surface area contributed by atoms with E-state index in [-0.39, 0.29) is 17.8 Å². The van der Waals surface area contributed by atoms with Gasteiger partial charge in [-0.25, -0.2) is 9.37 Å². The van der Waals surface area contributed by atoms with Crippen LogP contribution in [-0.4, -0.2) is 45.2 Å². The number of carbonyl (C=O) groups is 1. The maximum absolute atomic E-state index is 13.1. The molecule has 3 aromatic rings. The Bertz CT molecular complexity index is 911. The van der Waals surface area contributed by atoms with Crippen LogP contribution in [0.3, 0.4) is 0 Å². The molecule has 138 valence electrons. The Morgan fingerprint density at radius 1 is 1.26 bits per heavy atom. The van der Waals surface area contributed by atoms with Crippen LogP contribution < -0.4 is 10.2 Å². The second-order valence-corrected chi connectivity index (χ2v) is 6.50. The minimum atomic E-state index is -0.267. The number of H-pyrrole nitrogens is 1. The number of anilines is 1. The minimum Gasteiger partial charge on any atom is -0.353 e. The number of benzene rings is 1. The highest BCUT2D eigenvalue weighted by Gasteiger charge is 2.24. The van der Waals surface area contributed by atoms with Crippen molar-refractivity contribution >= 4 is 11.7 Å². The zero-order chi connectivity index (χ0) is 18.6. The molecule has 1 unspecified atom stereocenters. The van der Waals surface area contributed by atoms with E-state index in [0.717, 1.165) is 36.5 Å². The third-order valence-electron chi connectivity index (χ3n) is 4.60. The molecule has 1 saturated heterocycles. The van der Waals surface area contributed by atoms with Crippen molar-refractivity contribution in [3.05, 3.63) is 60.4 Å². The summed E-state index contributed by atoms with van der Waals surface area (Å²) < 4.78 is 13.1. The summed E-state index contributed by atoms with van der Waals surface area (Å²) in [7, 11) is 0. The van der Waals surface area contributed by atoms with Gasteiger partial charge in [0, 0.05) is 37.6 Å². The number of carbonyl (C=O) groups excluding carboxylic acids is 1. The van der Waals surface area contributed by atoms with Gasteiger partial charge in [0.15, 0.2) is 5.82 Å². The van der Waals surface area contributed by atoms with Crippen LogP contribution in [-0.2, 0) is 0 Å². The normalized spacial score (nSPS) is 16.9. The summed E-state index contributed by atoms with van der Waals surface area (Å²) in [4.78, 5) is 22.4. The minimum absolute atomic E-state index is 0.0132. The zero-order valence-corrected chi connectivity index (χ0v) is 14.6. The van der Waals surface area contributed by atoms with E-state index in [9.17, 15) is 9.18 Å². The van der Waals surface area contributed by atoms with E-state index in [0.29, 0.717) is 12.2 Å². The third kappa shape index (κ3) is 3.94. The quantitative estimate of drug-likeness (QED) is 0.740. The maximum atomic E-state index is 13.1. The molecule has 2 aromatic heterocycles. The second kappa shape index (κ2) is 7.53. The molecule has 7 nitrogen and oxygen atoms in total. The molecule has 2 N–H and O–H groups in total. The molecule has 0 aliphatic carbocycles. The van der Waals surface area contributed by atoms with Crippen molar-refractivity contribution in [3.63, 3.8) is 0 Å². The zero-order valence-electron chi connectivity index (χ0n) is 14.6. The van der Waals surface area contributed by atoms with E-state index >= 15 is 0 Å².